The van der Waals surface area contributed by atoms with E-state index in [0.29, 0.717) is 6.61 Å². The van der Waals surface area contributed by atoms with Crippen LogP contribution in [0.4, 0.5) is 5.69 Å². The molecule has 0 heterocycles. The van der Waals surface area contributed by atoms with E-state index in [1.165, 1.54) is 5.56 Å². The lowest BCUT2D eigenvalue weighted by Gasteiger charge is -2.09. The molecule has 0 saturated carbocycles. The predicted molar refractivity (Wildman–Crippen MR) is 80.5 cm³/mol. The lowest BCUT2D eigenvalue weighted by Crippen LogP contribution is -2.02. The first-order valence-electron chi connectivity index (χ1n) is 6.10. The summed E-state index contributed by atoms with van der Waals surface area (Å²) in [5.74, 6) is 0.764. The van der Waals surface area contributed by atoms with Crippen LogP contribution in [-0.2, 0) is 6.54 Å². The van der Waals surface area contributed by atoms with Crippen molar-refractivity contribution >= 4 is 21.6 Å². The minimum Gasteiger partial charge on any atom is -0.491 e. The molecule has 100 valence electrons. The number of ether oxygens (including phenoxy) is 1. The third kappa shape index (κ3) is 4.26. The van der Waals surface area contributed by atoms with E-state index >= 15 is 0 Å². The minimum atomic E-state index is 0.0298. The maximum absolute atomic E-state index is 8.68. The van der Waals surface area contributed by atoms with Crippen molar-refractivity contribution in [2.24, 2.45) is 0 Å². The smallest absolute Gasteiger partial charge is 0.119 e. The standard InChI is InChI=1S/C15H16BrNO2/c16-15-4-2-1-3-12(15)11-17-13-5-7-14(8-6-13)19-10-9-18/h1-8,17-18H,9-11H2. The summed E-state index contributed by atoms with van der Waals surface area (Å²) in [7, 11) is 0. The van der Waals surface area contributed by atoms with Gasteiger partial charge in [-0.05, 0) is 35.9 Å². The van der Waals surface area contributed by atoms with Gasteiger partial charge in [-0.25, -0.2) is 0 Å². The fraction of sp³-hybridized carbons (Fsp3) is 0.200. The van der Waals surface area contributed by atoms with Gasteiger partial charge in [0.1, 0.15) is 12.4 Å². The van der Waals surface area contributed by atoms with Crippen LogP contribution in [0, 0.1) is 0 Å². The van der Waals surface area contributed by atoms with Crippen molar-refractivity contribution in [1.29, 1.82) is 0 Å². The van der Waals surface area contributed by atoms with Gasteiger partial charge >= 0.3 is 0 Å². The molecule has 0 radical (unpaired) electrons. The SMILES string of the molecule is OCCOc1ccc(NCc2ccccc2Br)cc1. The average Bonchev–Trinajstić information content (AvgIpc) is 2.45. The second-order valence-electron chi connectivity index (χ2n) is 4.04. The maximum atomic E-state index is 8.68. The molecule has 0 aromatic heterocycles. The van der Waals surface area contributed by atoms with Crippen LogP contribution in [0.15, 0.2) is 53.0 Å². The van der Waals surface area contributed by atoms with Crippen LogP contribution in [-0.4, -0.2) is 18.3 Å². The molecule has 0 saturated heterocycles. The number of nitrogens with one attached hydrogen (secondary N) is 1. The number of benzene rings is 2. The number of aliphatic hydroxyl groups is 1. The van der Waals surface area contributed by atoms with Gasteiger partial charge in [-0.15, -0.1) is 0 Å². The molecule has 2 rings (SSSR count). The van der Waals surface area contributed by atoms with Gasteiger partial charge in [-0.1, -0.05) is 34.1 Å². The van der Waals surface area contributed by atoms with Crippen molar-refractivity contribution < 1.29 is 9.84 Å². The van der Waals surface area contributed by atoms with Gasteiger partial charge in [-0.2, -0.15) is 0 Å². The molecule has 0 atom stereocenters. The van der Waals surface area contributed by atoms with E-state index in [1.807, 2.05) is 42.5 Å². The number of hydrogen-bond acceptors (Lipinski definition) is 3. The summed E-state index contributed by atoms with van der Waals surface area (Å²) in [6.07, 6.45) is 0. The zero-order valence-corrected chi connectivity index (χ0v) is 12.1. The molecule has 0 aliphatic rings. The quantitative estimate of drug-likeness (QED) is 0.856. The molecule has 0 aliphatic carbocycles. The largest absolute Gasteiger partial charge is 0.491 e. The van der Waals surface area contributed by atoms with Gasteiger partial charge in [0.15, 0.2) is 0 Å². The van der Waals surface area contributed by atoms with Crippen LogP contribution in [0.25, 0.3) is 0 Å². The highest BCUT2D eigenvalue weighted by Gasteiger charge is 1.99. The molecule has 0 amide bonds. The summed E-state index contributed by atoms with van der Waals surface area (Å²) < 4.78 is 6.41. The van der Waals surface area contributed by atoms with Crippen LogP contribution in [0.3, 0.4) is 0 Å². The van der Waals surface area contributed by atoms with Crippen LogP contribution in [0.5, 0.6) is 5.75 Å². The zero-order valence-electron chi connectivity index (χ0n) is 10.5. The Hall–Kier alpha value is -1.52. The molecule has 0 spiro atoms. The number of hydrogen-bond donors (Lipinski definition) is 2. The number of halogens is 1. The van der Waals surface area contributed by atoms with Crippen molar-refractivity contribution in [2.75, 3.05) is 18.5 Å². The minimum absolute atomic E-state index is 0.0298. The third-order valence-electron chi connectivity index (χ3n) is 2.66. The Morgan fingerprint density at radius 2 is 1.79 bits per heavy atom. The molecule has 0 unspecified atom stereocenters. The van der Waals surface area contributed by atoms with Gasteiger partial charge in [0.2, 0.25) is 0 Å². The monoisotopic (exact) mass is 321 g/mol. The number of rotatable bonds is 6. The topological polar surface area (TPSA) is 41.5 Å². The first-order valence-corrected chi connectivity index (χ1v) is 6.90. The highest BCUT2D eigenvalue weighted by Crippen LogP contribution is 2.19. The van der Waals surface area contributed by atoms with Crippen LogP contribution < -0.4 is 10.1 Å². The first kappa shape index (κ1) is 13.9. The van der Waals surface area contributed by atoms with E-state index in [0.717, 1.165) is 22.5 Å². The van der Waals surface area contributed by atoms with Crippen LogP contribution in [0.1, 0.15) is 5.56 Å². The molecule has 2 aromatic carbocycles. The summed E-state index contributed by atoms with van der Waals surface area (Å²) >= 11 is 3.53. The molecular weight excluding hydrogens is 306 g/mol. The zero-order chi connectivity index (χ0) is 13.5. The van der Waals surface area contributed by atoms with Crippen molar-refractivity contribution in [3.8, 4) is 5.75 Å². The molecule has 0 aliphatic heterocycles. The van der Waals surface area contributed by atoms with E-state index in [1.54, 1.807) is 0 Å². The van der Waals surface area contributed by atoms with Gasteiger partial charge < -0.3 is 15.2 Å². The molecule has 4 heteroatoms. The Labute approximate surface area is 121 Å². The number of aliphatic hydroxyl groups excluding tert-OH is 1. The Kier molecular flexibility index (Phi) is 5.24. The molecule has 19 heavy (non-hydrogen) atoms. The van der Waals surface area contributed by atoms with Crippen molar-refractivity contribution in [1.82, 2.24) is 0 Å². The molecule has 3 nitrogen and oxygen atoms in total. The maximum Gasteiger partial charge on any atom is 0.119 e. The molecule has 0 fully saturated rings. The van der Waals surface area contributed by atoms with E-state index in [4.69, 9.17) is 9.84 Å². The predicted octanol–water partition coefficient (Wildman–Crippen LogP) is 3.43. The van der Waals surface area contributed by atoms with Crippen LogP contribution >= 0.6 is 15.9 Å². The molecular formula is C15H16BrNO2. The highest BCUT2D eigenvalue weighted by atomic mass is 79.9. The average molecular weight is 322 g/mol. The summed E-state index contributed by atoms with van der Waals surface area (Å²) in [4.78, 5) is 0. The fourth-order valence-electron chi connectivity index (χ4n) is 1.67. The third-order valence-corrected chi connectivity index (χ3v) is 3.43. The number of anilines is 1. The highest BCUT2D eigenvalue weighted by molar-refractivity contribution is 9.10. The van der Waals surface area contributed by atoms with Gasteiger partial charge in [-0.3, -0.25) is 0 Å². The Bertz CT molecular complexity index is 514. The van der Waals surface area contributed by atoms with Crippen molar-refractivity contribution in [2.45, 2.75) is 6.54 Å². The van der Waals surface area contributed by atoms with Crippen molar-refractivity contribution in [3.63, 3.8) is 0 Å². The Morgan fingerprint density at radius 1 is 1.05 bits per heavy atom. The first-order chi connectivity index (χ1) is 9.29. The van der Waals surface area contributed by atoms with E-state index in [-0.39, 0.29) is 6.61 Å². The van der Waals surface area contributed by atoms with Crippen LogP contribution in [0.2, 0.25) is 0 Å². The van der Waals surface area contributed by atoms with Crippen molar-refractivity contribution in [3.05, 3.63) is 58.6 Å². The van der Waals surface area contributed by atoms with Gasteiger partial charge in [0.25, 0.3) is 0 Å². The Balaban J connectivity index is 1.91. The van der Waals surface area contributed by atoms with Gasteiger partial charge in [0, 0.05) is 16.7 Å². The van der Waals surface area contributed by atoms with Gasteiger partial charge in [0.05, 0.1) is 6.61 Å². The second-order valence-corrected chi connectivity index (χ2v) is 4.90. The second kappa shape index (κ2) is 7.16. The summed E-state index contributed by atoms with van der Waals surface area (Å²) in [5.41, 5.74) is 2.25. The lowest BCUT2D eigenvalue weighted by atomic mass is 10.2. The molecule has 2 N–H and O–H groups in total. The lowest BCUT2D eigenvalue weighted by molar-refractivity contribution is 0.201. The molecule has 0 bridgehead atoms. The Morgan fingerprint density at radius 3 is 2.47 bits per heavy atom. The van der Waals surface area contributed by atoms with E-state index < -0.39 is 0 Å². The summed E-state index contributed by atoms with van der Waals surface area (Å²) in [6.45, 7) is 1.12. The fourth-order valence-corrected chi connectivity index (χ4v) is 2.10. The normalized spacial score (nSPS) is 10.2. The van der Waals surface area contributed by atoms with E-state index in [2.05, 4.69) is 27.3 Å². The summed E-state index contributed by atoms with van der Waals surface area (Å²) in [5, 5.41) is 12.0. The van der Waals surface area contributed by atoms with E-state index in [9.17, 15) is 0 Å². The molecule has 2 aromatic rings. The summed E-state index contributed by atoms with van der Waals surface area (Å²) in [6, 6.07) is 15.8.